The maximum absolute atomic E-state index is 12.7. The van der Waals surface area contributed by atoms with Crippen LogP contribution in [-0.2, 0) is 0 Å². The summed E-state index contributed by atoms with van der Waals surface area (Å²) in [7, 11) is 0. The highest BCUT2D eigenvalue weighted by atomic mass is 16.2. The number of likely N-dealkylation sites (tertiary alicyclic amines) is 1. The fourth-order valence-electron chi connectivity index (χ4n) is 3.37. The van der Waals surface area contributed by atoms with E-state index in [2.05, 4.69) is 55.5 Å². The molecule has 0 saturated carbocycles. The van der Waals surface area contributed by atoms with E-state index in [-0.39, 0.29) is 12.1 Å². The number of rotatable bonds is 3. The van der Waals surface area contributed by atoms with Crippen molar-refractivity contribution in [1.29, 1.82) is 0 Å². The van der Waals surface area contributed by atoms with E-state index in [0.29, 0.717) is 5.92 Å². The van der Waals surface area contributed by atoms with Gasteiger partial charge in [-0.05, 0) is 39.2 Å². The van der Waals surface area contributed by atoms with E-state index in [1.807, 2.05) is 15.6 Å². The SMILES string of the molecule is Cc1cccc([C@H]2CCCN(C(=O)Nc3ccnn3C(C)C)C2)c1. The molecule has 1 aromatic heterocycles. The van der Waals surface area contributed by atoms with E-state index >= 15 is 0 Å². The van der Waals surface area contributed by atoms with Crippen LogP contribution in [0, 0.1) is 6.92 Å². The number of carbonyl (C=O) groups is 1. The van der Waals surface area contributed by atoms with E-state index in [4.69, 9.17) is 0 Å². The molecule has 0 bridgehead atoms. The fourth-order valence-corrected chi connectivity index (χ4v) is 3.37. The summed E-state index contributed by atoms with van der Waals surface area (Å²) in [5, 5.41) is 7.28. The summed E-state index contributed by atoms with van der Waals surface area (Å²) in [6, 6.07) is 10.7. The van der Waals surface area contributed by atoms with Crippen molar-refractivity contribution in [1.82, 2.24) is 14.7 Å². The van der Waals surface area contributed by atoms with E-state index in [1.165, 1.54) is 11.1 Å². The summed E-state index contributed by atoms with van der Waals surface area (Å²) in [5.41, 5.74) is 2.61. The van der Waals surface area contributed by atoms with Crippen molar-refractivity contribution in [2.24, 2.45) is 0 Å². The first-order valence-corrected chi connectivity index (χ1v) is 8.70. The molecule has 5 nitrogen and oxygen atoms in total. The number of amides is 2. The largest absolute Gasteiger partial charge is 0.324 e. The van der Waals surface area contributed by atoms with Crippen LogP contribution in [0.1, 0.15) is 49.8 Å². The average molecular weight is 326 g/mol. The monoisotopic (exact) mass is 326 g/mol. The van der Waals surface area contributed by atoms with Gasteiger partial charge in [0, 0.05) is 31.1 Å². The lowest BCUT2D eigenvalue weighted by molar-refractivity contribution is 0.192. The van der Waals surface area contributed by atoms with Crippen molar-refractivity contribution in [3.05, 3.63) is 47.7 Å². The first-order valence-electron chi connectivity index (χ1n) is 8.70. The second kappa shape index (κ2) is 7.07. The molecule has 1 aliphatic rings. The molecule has 0 spiro atoms. The number of piperidine rings is 1. The van der Waals surface area contributed by atoms with Crippen molar-refractivity contribution < 1.29 is 4.79 Å². The van der Waals surface area contributed by atoms with Crippen LogP contribution >= 0.6 is 0 Å². The number of benzene rings is 1. The Hall–Kier alpha value is -2.30. The fraction of sp³-hybridized carbons (Fsp3) is 0.474. The lowest BCUT2D eigenvalue weighted by Crippen LogP contribution is -2.42. The van der Waals surface area contributed by atoms with E-state index in [0.717, 1.165) is 31.7 Å². The van der Waals surface area contributed by atoms with Gasteiger partial charge in [0.25, 0.3) is 0 Å². The summed E-state index contributed by atoms with van der Waals surface area (Å²) in [4.78, 5) is 14.6. The number of urea groups is 1. The van der Waals surface area contributed by atoms with Crippen LogP contribution in [0.3, 0.4) is 0 Å². The Morgan fingerprint density at radius 3 is 2.92 bits per heavy atom. The minimum absolute atomic E-state index is 0.0326. The van der Waals surface area contributed by atoms with Crippen LogP contribution in [0.2, 0.25) is 0 Å². The summed E-state index contributed by atoms with van der Waals surface area (Å²) in [5.74, 6) is 1.17. The molecule has 2 aromatic rings. The standard InChI is InChI=1S/C19H26N4O/c1-14(2)23-18(9-10-20-23)21-19(24)22-11-5-8-17(13-22)16-7-4-6-15(3)12-16/h4,6-7,9-10,12,14,17H,5,8,11,13H2,1-3H3,(H,21,24)/t17-/m0/s1. The molecule has 1 saturated heterocycles. The van der Waals surface area contributed by atoms with Gasteiger partial charge in [-0.1, -0.05) is 29.8 Å². The number of aryl methyl sites for hydroxylation is 1. The zero-order valence-electron chi connectivity index (χ0n) is 14.7. The Morgan fingerprint density at radius 2 is 2.17 bits per heavy atom. The molecular formula is C19H26N4O. The molecule has 2 heterocycles. The van der Waals surface area contributed by atoms with Gasteiger partial charge in [-0.2, -0.15) is 5.10 Å². The Kier molecular flexibility index (Phi) is 4.88. The highest BCUT2D eigenvalue weighted by molar-refractivity contribution is 5.88. The van der Waals surface area contributed by atoms with Crippen molar-refractivity contribution in [3.63, 3.8) is 0 Å². The second-order valence-electron chi connectivity index (χ2n) is 6.88. The molecule has 0 aliphatic carbocycles. The summed E-state index contributed by atoms with van der Waals surface area (Å²) < 4.78 is 1.83. The minimum atomic E-state index is -0.0326. The lowest BCUT2D eigenvalue weighted by atomic mass is 9.90. The average Bonchev–Trinajstić information content (AvgIpc) is 3.03. The first-order chi connectivity index (χ1) is 11.5. The normalized spacial score (nSPS) is 18.0. The number of hydrogen-bond donors (Lipinski definition) is 1. The smallest absolute Gasteiger partial charge is 0.323 e. The van der Waals surface area contributed by atoms with Crippen LogP contribution in [0.4, 0.5) is 10.6 Å². The first kappa shape index (κ1) is 16.6. The minimum Gasteiger partial charge on any atom is -0.324 e. The zero-order chi connectivity index (χ0) is 17.1. The maximum Gasteiger partial charge on any atom is 0.323 e. The van der Waals surface area contributed by atoms with Crippen LogP contribution in [0.15, 0.2) is 36.5 Å². The van der Waals surface area contributed by atoms with Gasteiger partial charge in [0.1, 0.15) is 5.82 Å². The van der Waals surface area contributed by atoms with Crippen molar-refractivity contribution in [3.8, 4) is 0 Å². The molecule has 2 amide bonds. The maximum atomic E-state index is 12.7. The summed E-state index contributed by atoms with van der Waals surface area (Å²) in [6.07, 6.45) is 3.90. The third-order valence-electron chi connectivity index (χ3n) is 4.62. The molecule has 1 fully saturated rings. The van der Waals surface area contributed by atoms with Crippen LogP contribution in [-0.4, -0.2) is 33.8 Å². The number of anilines is 1. The predicted octanol–water partition coefficient (Wildman–Crippen LogP) is 4.18. The molecule has 5 heteroatoms. The molecule has 3 rings (SSSR count). The van der Waals surface area contributed by atoms with E-state index in [1.54, 1.807) is 6.20 Å². The van der Waals surface area contributed by atoms with Gasteiger partial charge in [0.05, 0.1) is 6.20 Å². The summed E-state index contributed by atoms with van der Waals surface area (Å²) >= 11 is 0. The highest BCUT2D eigenvalue weighted by Crippen LogP contribution is 2.28. The topological polar surface area (TPSA) is 50.2 Å². The molecule has 1 N–H and O–H groups in total. The molecule has 1 aromatic carbocycles. The third kappa shape index (κ3) is 3.61. The van der Waals surface area contributed by atoms with Gasteiger partial charge in [-0.25, -0.2) is 9.48 Å². The molecule has 1 atom stereocenters. The second-order valence-corrected chi connectivity index (χ2v) is 6.88. The van der Waals surface area contributed by atoms with Gasteiger partial charge in [0.15, 0.2) is 0 Å². The van der Waals surface area contributed by atoms with Crippen LogP contribution < -0.4 is 5.32 Å². The number of aromatic nitrogens is 2. The molecular weight excluding hydrogens is 300 g/mol. The molecule has 24 heavy (non-hydrogen) atoms. The lowest BCUT2D eigenvalue weighted by Gasteiger charge is -2.33. The molecule has 1 aliphatic heterocycles. The Bertz CT molecular complexity index is 707. The number of nitrogens with zero attached hydrogens (tertiary/aromatic N) is 3. The van der Waals surface area contributed by atoms with Crippen molar-refractivity contribution in [2.75, 3.05) is 18.4 Å². The van der Waals surface area contributed by atoms with E-state index < -0.39 is 0 Å². The quantitative estimate of drug-likeness (QED) is 0.919. The predicted molar refractivity (Wildman–Crippen MR) is 96.4 cm³/mol. The van der Waals surface area contributed by atoms with Crippen molar-refractivity contribution in [2.45, 2.75) is 45.6 Å². The number of hydrogen-bond acceptors (Lipinski definition) is 2. The summed E-state index contributed by atoms with van der Waals surface area (Å²) in [6.45, 7) is 7.80. The van der Waals surface area contributed by atoms with Crippen LogP contribution in [0.5, 0.6) is 0 Å². The van der Waals surface area contributed by atoms with Gasteiger partial charge >= 0.3 is 6.03 Å². The molecule has 0 radical (unpaired) electrons. The Balaban J connectivity index is 1.68. The Labute approximate surface area is 143 Å². The number of carbonyl (C=O) groups excluding carboxylic acids is 1. The molecule has 128 valence electrons. The van der Waals surface area contributed by atoms with E-state index in [9.17, 15) is 4.79 Å². The van der Waals surface area contributed by atoms with Gasteiger partial charge < -0.3 is 4.90 Å². The third-order valence-corrected chi connectivity index (χ3v) is 4.62. The van der Waals surface area contributed by atoms with Gasteiger partial charge in [-0.3, -0.25) is 5.32 Å². The van der Waals surface area contributed by atoms with Crippen LogP contribution in [0.25, 0.3) is 0 Å². The zero-order valence-corrected chi connectivity index (χ0v) is 14.7. The Morgan fingerprint density at radius 1 is 1.33 bits per heavy atom. The number of nitrogens with one attached hydrogen (secondary N) is 1. The highest BCUT2D eigenvalue weighted by Gasteiger charge is 2.25. The molecule has 0 unspecified atom stereocenters. The van der Waals surface area contributed by atoms with Gasteiger partial charge in [-0.15, -0.1) is 0 Å². The van der Waals surface area contributed by atoms with Crippen molar-refractivity contribution >= 4 is 11.8 Å². The van der Waals surface area contributed by atoms with Gasteiger partial charge in [0.2, 0.25) is 0 Å².